The minimum absolute atomic E-state index is 0.736. The van der Waals surface area contributed by atoms with Gasteiger partial charge in [-0.05, 0) is 79.6 Å². The van der Waals surface area contributed by atoms with Crippen LogP contribution in [0.5, 0.6) is 0 Å². The van der Waals surface area contributed by atoms with Crippen LogP contribution in [0.4, 0.5) is 0 Å². The molecule has 21 heavy (non-hydrogen) atoms. The van der Waals surface area contributed by atoms with Gasteiger partial charge in [0.1, 0.15) is 0 Å². The van der Waals surface area contributed by atoms with Gasteiger partial charge < -0.3 is 5.32 Å². The Kier molecular flexibility index (Phi) is 4.05. The van der Waals surface area contributed by atoms with Gasteiger partial charge in [-0.1, -0.05) is 23.7 Å². The van der Waals surface area contributed by atoms with Crippen LogP contribution in [-0.2, 0) is 6.54 Å². The molecule has 2 aromatic rings. The normalized spacial score (nSPS) is 14.5. The second kappa shape index (κ2) is 5.82. The first-order chi connectivity index (χ1) is 10.0. The quantitative estimate of drug-likeness (QED) is 0.820. The number of hydrogen-bond donors (Lipinski definition) is 1. The number of benzene rings is 2. The lowest BCUT2D eigenvalue weighted by atomic mass is 9.95. The smallest absolute Gasteiger partial charge is 0.0487 e. The number of hydrogen-bond acceptors (Lipinski definition) is 1. The van der Waals surface area contributed by atoms with Crippen LogP contribution in [-0.4, -0.2) is 6.04 Å². The van der Waals surface area contributed by atoms with E-state index in [1.807, 2.05) is 0 Å². The third-order valence-corrected chi connectivity index (χ3v) is 4.66. The highest BCUT2D eigenvalue weighted by Crippen LogP contribution is 2.33. The molecule has 0 amide bonds. The summed E-state index contributed by atoms with van der Waals surface area (Å²) in [4.78, 5) is 0. The molecule has 2 aromatic carbocycles. The Balaban J connectivity index is 1.96. The predicted molar refractivity (Wildman–Crippen MR) is 91.0 cm³/mol. The van der Waals surface area contributed by atoms with Crippen molar-refractivity contribution in [1.29, 1.82) is 0 Å². The highest BCUT2D eigenvalue weighted by atomic mass is 35.5. The summed E-state index contributed by atoms with van der Waals surface area (Å²) in [5, 5.41) is 4.41. The minimum atomic E-state index is 0.736. The van der Waals surface area contributed by atoms with E-state index in [4.69, 9.17) is 11.6 Å². The second-order valence-corrected chi connectivity index (χ2v) is 6.63. The Labute approximate surface area is 132 Å². The summed E-state index contributed by atoms with van der Waals surface area (Å²) in [5.41, 5.74) is 7.53. The lowest BCUT2D eigenvalue weighted by Gasteiger charge is -2.13. The summed E-state index contributed by atoms with van der Waals surface area (Å²) >= 11 is 6.48. The number of rotatable bonds is 4. The van der Waals surface area contributed by atoms with Gasteiger partial charge in [0.05, 0.1) is 0 Å². The van der Waals surface area contributed by atoms with Crippen molar-refractivity contribution < 1.29 is 0 Å². The zero-order chi connectivity index (χ0) is 15.0. The van der Waals surface area contributed by atoms with Crippen LogP contribution in [0, 0.1) is 20.8 Å². The van der Waals surface area contributed by atoms with Crippen LogP contribution in [0.3, 0.4) is 0 Å². The van der Waals surface area contributed by atoms with E-state index < -0.39 is 0 Å². The summed E-state index contributed by atoms with van der Waals surface area (Å²) in [6, 6.07) is 11.7. The van der Waals surface area contributed by atoms with E-state index in [9.17, 15) is 0 Å². The molecule has 0 spiro atoms. The third-order valence-electron chi connectivity index (χ3n) is 4.35. The Morgan fingerprint density at radius 2 is 1.67 bits per heavy atom. The molecule has 3 rings (SSSR count). The number of nitrogens with one attached hydrogen (secondary N) is 1. The Hall–Kier alpha value is -1.31. The monoisotopic (exact) mass is 299 g/mol. The average molecular weight is 300 g/mol. The highest BCUT2D eigenvalue weighted by molar-refractivity contribution is 6.33. The van der Waals surface area contributed by atoms with Crippen LogP contribution in [0.2, 0.25) is 5.02 Å². The number of halogens is 1. The highest BCUT2D eigenvalue weighted by Gasteiger charge is 2.20. The molecule has 110 valence electrons. The van der Waals surface area contributed by atoms with Crippen LogP contribution >= 0.6 is 11.6 Å². The molecule has 1 nitrogen and oxygen atoms in total. The summed E-state index contributed by atoms with van der Waals surface area (Å²) in [6.45, 7) is 7.34. The van der Waals surface area contributed by atoms with Crippen molar-refractivity contribution >= 4 is 11.6 Å². The van der Waals surface area contributed by atoms with E-state index in [1.54, 1.807) is 0 Å². The summed E-state index contributed by atoms with van der Waals surface area (Å²) in [6.07, 6.45) is 2.64. The molecule has 1 saturated carbocycles. The van der Waals surface area contributed by atoms with E-state index in [0.717, 1.165) is 23.2 Å². The van der Waals surface area contributed by atoms with E-state index >= 15 is 0 Å². The molecule has 2 heteroatoms. The van der Waals surface area contributed by atoms with Crippen molar-refractivity contribution in [3.05, 3.63) is 57.6 Å². The van der Waals surface area contributed by atoms with Crippen molar-refractivity contribution in [2.24, 2.45) is 0 Å². The van der Waals surface area contributed by atoms with Gasteiger partial charge in [0.25, 0.3) is 0 Å². The fourth-order valence-electron chi connectivity index (χ4n) is 2.61. The van der Waals surface area contributed by atoms with E-state index in [-0.39, 0.29) is 0 Å². The van der Waals surface area contributed by atoms with Crippen LogP contribution < -0.4 is 5.32 Å². The standard InChI is InChI=1S/C19H22ClN/c1-12-4-5-15(11-21-16-6-7-16)10-17(12)18-8-13(2)14(3)9-19(18)20/h4-5,8-10,16,21H,6-7,11H2,1-3H3. The molecule has 1 aliphatic rings. The van der Waals surface area contributed by atoms with Gasteiger partial charge in [-0.2, -0.15) is 0 Å². The maximum Gasteiger partial charge on any atom is 0.0487 e. The Bertz CT molecular complexity index is 672. The Morgan fingerprint density at radius 3 is 2.38 bits per heavy atom. The maximum atomic E-state index is 6.48. The van der Waals surface area contributed by atoms with Gasteiger partial charge in [-0.15, -0.1) is 0 Å². The second-order valence-electron chi connectivity index (χ2n) is 6.22. The lowest BCUT2D eigenvalue weighted by molar-refractivity contribution is 0.688. The molecular formula is C19H22ClN. The molecule has 0 bridgehead atoms. The van der Waals surface area contributed by atoms with E-state index in [1.165, 1.54) is 40.7 Å². The molecule has 0 aromatic heterocycles. The fraction of sp³-hybridized carbons (Fsp3) is 0.368. The zero-order valence-corrected chi connectivity index (χ0v) is 13.7. The first-order valence-electron chi connectivity index (χ1n) is 7.64. The van der Waals surface area contributed by atoms with Gasteiger partial charge in [0.15, 0.2) is 0 Å². The molecule has 1 N–H and O–H groups in total. The topological polar surface area (TPSA) is 12.0 Å². The zero-order valence-electron chi connectivity index (χ0n) is 13.0. The first-order valence-corrected chi connectivity index (χ1v) is 8.02. The van der Waals surface area contributed by atoms with Crippen molar-refractivity contribution in [2.75, 3.05) is 0 Å². The largest absolute Gasteiger partial charge is 0.310 e. The van der Waals surface area contributed by atoms with E-state index in [2.05, 4.69) is 56.4 Å². The van der Waals surface area contributed by atoms with Crippen LogP contribution in [0.15, 0.2) is 30.3 Å². The summed E-state index contributed by atoms with van der Waals surface area (Å²) < 4.78 is 0. The molecule has 0 saturated heterocycles. The summed E-state index contributed by atoms with van der Waals surface area (Å²) in [7, 11) is 0. The van der Waals surface area contributed by atoms with Gasteiger partial charge in [-0.3, -0.25) is 0 Å². The molecule has 1 aliphatic carbocycles. The maximum absolute atomic E-state index is 6.48. The van der Waals surface area contributed by atoms with Crippen LogP contribution in [0.1, 0.15) is 35.1 Å². The molecule has 0 aliphatic heterocycles. The third kappa shape index (κ3) is 3.30. The average Bonchev–Trinajstić information content (AvgIpc) is 3.26. The van der Waals surface area contributed by atoms with Crippen molar-refractivity contribution in [3.63, 3.8) is 0 Å². The predicted octanol–water partition coefficient (Wildman–Crippen LogP) is 5.18. The molecule has 0 heterocycles. The fourth-order valence-corrected chi connectivity index (χ4v) is 2.93. The molecule has 1 fully saturated rings. The number of aryl methyl sites for hydroxylation is 3. The molecule has 0 atom stereocenters. The first kappa shape index (κ1) is 14.6. The van der Waals surface area contributed by atoms with E-state index in [0.29, 0.717) is 0 Å². The Morgan fingerprint density at radius 1 is 0.952 bits per heavy atom. The van der Waals surface area contributed by atoms with Crippen molar-refractivity contribution in [3.8, 4) is 11.1 Å². The van der Waals surface area contributed by atoms with Crippen molar-refractivity contribution in [2.45, 2.75) is 46.2 Å². The van der Waals surface area contributed by atoms with Gasteiger partial charge in [0, 0.05) is 23.2 Å². The molecule has 0 unspecified atom stereocenters. The van der Waals surface area contributed by atoms with Gasteiger partial charge >= 0.3 is 0 Å². The van der Waals surface area contributed by atoms with Gasteiger partial charge in [0.2, 0.25) is 0 Å². The van der Waals surface area contributed by atoms with Crippen molar-refractivity contribution in [1.82, 2.24) is 5.32 Å². The molecule has 0 radical (unpaired) electrons. The minimum Gasteiger partial charge on any atom is -0.310 e. The molecular weight excluding hydrogens is 278 g/mol. The summed E-state index contributed by atoms with van der Waals surface area (Å²) in [5.74, 6) is 0. The lowest BCUT2D eigenvalue weighted by Crippen LogP contribution is -2.15. The van der Waals surface area contributed by atoms with Crippen LogP contribution in [0.25, 0.3) is 11.1 Å². The SMILES string of the molecule is Cc1cc(Cl)c(-c2cc(CNC3CC3)ccc2C)cc1C. The van der Waals surface area contributed by atoms with Gasteiger partial charge in [-0.25, -0.2) is 0 Å².